The third kappa shape index (κ3) is 4.24. The molecule has 2 aromatic heterocycles. The highest BCUT2D eigenvalue weighted by molar-refractivity contribution is 7.15. The lowest BCUT2D eigenvalue weighted by Crippen LogP contribution is -2.15. The van der Waals surface area contributed by atoms with Gasteiger partial charge in [0.05, 0.1) is 34.5 Å². The molecular formula is C21H17Cl2N3O2S. The average Bonchev–Trinajstić information content (AvgIpc) is 3.28. The van der Waals surface area contributed by atoms with Crippen LogP contribution in [0.4, 0.5) is 5.69 Å². The van der Waals surface area contributed by atoms with E-state index in [1.165, 1.54) is 11.3 Å². The maximum absolute atomic E-state index is 12.5. The lowest BCUT2D eigenvalue weighted by atomic mass is 10.1. The first-order valence-electron chi connectivity index (χ1n) is 8.97. The minimum Gasteiger partial charge on any atom is -0.494 e. The zero-order valence-corrected chi connectivity index (χ0v) is 17.8. The van der Waals surface area contributed by atoms with Gasteiger partial charge in [0.1, 0.15) is 5.75 Å². The number of fused-ring (bicyclic) bond motifs is 1. The first kappa shape index (κ1) is 19.8. The van der Waals surface area contributed by atoms with E-state index in [9.17, 15) is 4.79 Å². The van der Waals surface area contributed by atoms with E-state index in [2.05, 4.69) is 10.3 Å². The highest BCUT2D eigenvalue weighted by atomic mass is 35.5. The molecule has 0 aliphatic rings. The van der Waals surface area contributed by atoms with Crippen LogP contribution in [-0.4, -0.2) is 21.9 Å². The van der Waals surface area contributed by atoms with E-state index in [0.29, 0.717) is 22.3 Å². The molecule has 5 nitrogen and oxygen atoms in total. The van der Waals surface area contributed by atoms with Crippen molar-refractivity contribution in [1.29, 1.82) is 0 Å². The molecule has 29 heavy (non-hydrogen) atoms. The van der Waals surface area contributed by atoms with Crippen molar-refractivity contribution >= 4 is 51.1 Å². The number of ether oxygens (including phenoxy) is 1. The molecule has 0 fully saturated rings. The van der Waals surface area contributed by atoms with Crippen LogP contribution in [0.15, 0.2) is 54.0 Å². The molecule has 4 rings (SSSR count). The predicted octanol–water partition coefficient (Wildman–Crippen LogP) is 5.95. The Bertz CT molecular complexity index is 1170. The van der Waals surface area contributed by atoms with Crippen molar-refractivity contribution in [2.24, 2.45) is 0 Å². The monoisotopic (exact) mass is 445 g/mol. The van der Waals surface area contributed by atoms with Crippen LogP contribution >= 0.6 is 34.5 Å². The van der Waals surface area contributed by atoms with Gasteiger partial charge in [-0.25, -0.2) is 4.98 Å². The molecule has 0 spiro atoms. The van der Waals surface area contributed by atoms with Crippen molar-refractivity contribution in [1.82, 2.24) is 9.38 Å². The summed E-state index contributed by atoms with van der Waals surface area (Å²) >= 11 is 13.6. The minimum absolute atomic E-state index is 0.176. The Morgan fingerprint density at radius 2 is 2.00 bits per heavy atom. The molecule has 0 aliphatic carbocycles. The van der Waals surface area contributed by atoms with E-state index < -0.39 is 0 Å². The molecule has 148 valence electrons. The van der Waals surface area contributed by atoms with Gasteiger partial charge in [-0.05, 0) is 43.3 Å². The first-order valence-corrected chi connectivity index (χ1v) is 10.6. The van der Waals surface area contributed by atoms with Crippen molar-refractivity contribution < 1.29 is 9.53 Å². The van der Waals surface area contributed by atoms with E-state index in [1.54, 1.807) is 18.2 Å². The second kappa shape index (κ2) is 8.45. The van der Waals surface area contributed by atoms with Gasteiger partial charge >= 0.3 is 0 Å². The Labute approximate surface area is 181 Å². The topological polar surface area (TPSA) is 55.6 Å². The summed E-state index contributed by atoms with van der Waals surface area (Å²) in [5.74, 6) is 0.652. The lowest BCUT2D eigenvalue weighted by molar-refractivity contribution is -0.115. The Balaban J connectivity index is 1.53. The van der Waals surface area contributed by atoms with Crippen LogP contribution in [0.5, 0.6) is 5.75 Å². The number of carbonyl (C=O) groups excluding carboxylic acids is 1. The molecule has 1 amide bonds. The number of thiazole rings is 1. The molecule has 1 N–H and O–H groups in total. The first-order chi connectivity index (χ1) is 14.0. The molecule has 0 radical (unpaired) electrons. The number of hydrogen-bond donors (Lipinski definition) is 1. The second-order valence-corrected chi connectivity index (χ2v) is 7.91. The molecule has 2 heterocycles. The van der Waals surface area contributed by atoms with Crippen molar-refractivity contribution in [2.45, 2.75) is 13.3 Å². The van der Waals surface area contributed by atoms with Gasteiger partial charge in [-0.15, -0.1) is 11.3 Å². The fourth-order valence-corrected chi connectivity index (χ4v) is 4.16. The summed E-state index contributed by atoms with van der Waals surface area (Å²) in [6, 6.07) is 12.9. The molecule has 0 aliphatic heterocycles. The van der Waals surface area contributed by atoms with Crippen molar-refractivity contribution in [3.63, 3.8) is 0 Å². The van der Waals surface area contributed by atoms with Crippen LogP contribution in [-0.2, 0) is 11.2 Å². The number of amides is 1. The van der Waals surface area contributed by atoms with E-state index >= 15 is 0 Å². The molecule has 0 saturated heterocycles. The molecule has 0 bridgehead atoms. The quantitative estimate of drug-likeness (QED) is 0.398. The largest absolute Gasteiger partial charge is 0.494 e. The number of hydrogen-bond acceptors (Lipinski definition) is 4. The number of anilines is 1. The molecule has 4 aromatic rings. The second-order valence-electron chi connectivity index (χ2n) is 6.29. The zero-order chi connectivity index (χ0) is 20.4. The third-order valence-corrected chi connectivity index (χ3v) is 6.02. The van der Waals surface area contributed by atoms with Gasteiger partial charge in [0.15, 0.2) is 4.96 Å². The highest BCUT2D eigenvalue weighted by Crippen LogP contribution is 2.30. The van der Waals surface area contributed by atoms with Gasteiger partial charge < -0.3 is 10.1 Å². The van der Waals surface area contributed by atoms with Crippen LogP contribution in [0.1, 0.15) is 12.6 Å². The summed E-state index contributed by atoms with van der Waals surface area (Å²) in [6.45, 7) is 2.58. The number of aromatic nitrogens is 2. The molecule has 0 atom stereocenters. The fraction of sp³-hybridized carbons (Fsp3) is 0.143. The molecule has 0 unspecified atom stereocenters. The smallest absolute Gasteiger partial charge is 0.230 e. The maximum atomic E-state index is 12.5. The van der Waals surface area contributed by atoms with Gasteiger partial charge in [0.2, 0.25) is 5.91 Å². The number of rotatable bonds is 6. The van der Waals surface area contributed by atoms with E-state index in [4.69, 9.17) is 27.9 Å². The van der Waals surface area contributed by atoms with Crippen molar-refractivity contribution in [3.05, 3.63) is 69.8 Å². The predicted molar refractivity (Wildman–Crippen MR) is 118 cm³/mol. The van der Waals surface area contributed by atoms with Crippen LogP contribution in [0.3, 0.4) is 0 Å². The number of benzene rings is 2. The Morgan fingerprint density at radius 1 is 1.21 bits per heavy atom. The Kier molecular flexibility index (Phi) is 5.76. The summed E-state index contributed by atoms with van der Waals surface area (Å²) in [6.07, 6.45) is 2.14. The zero-order valence-electron chi connectivity index (χ0n) is 15.5. The van der Waals surface area contributed by atoms with Crippen molar-refractivity contribution in [2.75, 3.05) is 11.9 Å². The number of halogens is 2. The van der Waals surface area contributed by atoms with Gasteiger partial charge in [-0.1, -0.05) is 29.3 Å². The molecule has 2 aromatic carbocycles. The Hall–Kier alpha value is -2.54. The normalized spacial score (nSPS) is 11.0. The lowest BCUT2D eigenvalue weighted by Gasteiger charge is -2.07. The minimum atomic E-state index is -0.176. The number of imidazole rings is 1. The van der Waals surface area contributed by atoms with Crippen LogP contribution in [0, 0.1) is 0 Å². The molecule has 8 heteroatoms. The van der Waals surface area contributed by atoms with Gasteiger partial charge in [-0.2, -0.15) is 0 Å². The average molecular weight is 446 g/mol. The molecular weight excluding hydrogens is 429 g/mol. The summed E-state index contributed by atoms with van der Waals surface area (Å²) in [5.41, 5.74) is 3.19. The summed E-state index contributed by atoms with van der Waals surface area (Å²) in [5, 5.41) is 5.48. The summed E-state index contributed by atoms with van der Waals surface area (Å²) in [7, 11) is 0. The van der Waals surface area contributed by atoms with Gasteiger partial charge in [-0.3, -0.25) is 9.20 Å². The summed E-state index contributed by atoms with van der Waals surface area (Å²) < 4.78 is 7.42. The highest BCUT2D eigenvalue weighted by Gasteiger charge is 2.14. The fourth-order valence-electron chi connectivity index (χ4n) is 2.94. The van der Waals surface area contributed by atoms with Gasteiger partial charge in [0.25, 0.3) is 0 Å². The van der Waals surface area contributed by atoms with E-state index in [-0.39, 0.29) is 12.3 Å². The molecule has 0 saturated carbocycles. The third-order valence-electron chi connectivity index (χ3n) is 4.31. The summed E-state index contributed by atoms with van der Waals surface area (Å²) in [4.78, 5) is 18.0. The number of carbonyl (C=O) groups is 1. The maximum Gasteiger partial charge on any atom is 0.230 e. The number of nitrogens with zero attached hydrogens (tertiary/aromatic N) is 2. The van der Waals surface area contributed by atoms with E-state index in [0.717, 1.165) is 27.7 Å². The van der Waals surface area contributed by atoms with E-state index in [1.807, 2.05) is 47.2 Å². The van der Waals surface area contributed by atoms with Crippen LogP contribution in [0.25, 0.3) is 16.2 Å². The number of nitrogens with one attached hydrogen (secondary N) is 1. The Morgan fingerprint density at radius 3 is 2.76 bits per heavy atom. The van der Waals surface area contributed by atoms with Crippen LogP contribution in [0.2, 0.25) is 10.0 Å². The van der Waals surface area contributed by atoms with Crippen LogP contribution < -0.4 is 10.1 Å². The van der Waals surface area contributed by atoms with Gasteiger partial charge in [0, 0.05) is 22.8 Å². The SMILES string of the molecule is CCOc1ccc(-c2cn3c(CC(=O)Nc4cccc(Cl)c4Cl)csc3n2)cc1. The van der Waals surface area contributed by atoms with Crippen molar-refractivity contribution in [3.8, 4) is 17.0 Å². The standard InChI is InChI=1S/C21H17Cl2N3O2S/c1-2-28-15-8-6-13(7-9-15)18-11-26-14(12-29-21(26)25-18)10-19(27)24-17-5-3-4-16(22)20(17)23/h3-9,11-12H,2,10H2,1H3,(H,24,27).